The molecule has 6 nitrogen and oxygen atoms in total. The molecule has 1 aromatic heterocycles. The van der Waals surface area contributed by atoms with Crippen LogP contribution in [0.3, 0.4) is 0 Å². The number of carbonyl (C=O) groups excluding carboxylic acids is 2. The highest BCUT2D eigenvalue weighted by atomic mass is 35.5. The zero-order chi connectivity index (χ0) is 16.1. The van der Waals surface area contributed by atoms with Crippen molar-refractivity contribution in [2.45, 2.75) is 13.8 Å². The number of aryl methyl sites for hydroxylation is 2. The summed E-state index contributed by atoms with van der Waals surface area (Å²) in [4.78, 5) is 23.4. The SMILES string of the molecule is Cc1cc(Cl)ccc1OCC(=O)NNC(=O)c1ccoc1C. The summed E-state index contributed by atoms with van der Waals surface area (Å²) in [5, 5.41) is 0.594. The highest BCUT2D eigenvalue weighted by Crippen LogP contribution is 2.21. The molecule has 2 amide bonds. The van der Waals surface area contributed by atoms with E-state index in [0.29, 0.717) is 22.1 Å². The Labute approximate surface area is 132 Å². The van der Waals surface area contributed by atoms with Gasteiger partial charge in [0.05, 0.1) is 11.8 Å². The fourth-order valence-corrected chi connectivity index (χ4v) is 2.00. The van der Waals surface area contributed by atoms with Crippen LogP contribution >= 0.6 is 11.6 Å². The molecule has 0 saturated heterocycles. The zero-order valence-electron chi connectivity index (χ0n) is 12.1. The summed E-state index contributed by atoms with van der Waals surface area (Å²) in [5.74, 6) is 0.0856. The van der Waals surface area contributed by atoms with Crippen LogP contribution in [0.25, 0.3) is 0 Å². The van der Waals surface area contributed by atoms with E-state index in [0.717, 1.165) is 5.56 Å². The van der Waals surface area contributed by atoms with Crippen molar-refractivity contribution in [2.24, 2.45) is 0 Å². The maximum absolute atomic E-state index is 11.8. The smallest absolute Gasteiger partial charge is 0.276 e. The molecular formula is C15H15ClN2O4. The van der Waals surface area contributed by atoms with Crippen LogP contribution in [0, 0.1) is 13.8 Å². The summed E-state index contributed by atoms with van der Waals surface area (Å²) in [5.41, 5.74) is 5.73. The average molecular weight is 323 g/mol. The summed E-state index contributed by atoms with van der Waals surface area (Å²) in [6.45, 7) is 3.25. The first-order chi connectivity index (χ1) is 10.5. The van der Waals surface area contributed by atoms with Crippen molar-refractivity contribution in [3.05, 3.63) is 52.4 Å². The largest absolute Gasteiger partial charge is 0.483 e. The molecule has 116 valence electrons. The average Bonchev–Trinajstić information content (AvgIpc) is 2.90. The number of ether oxygens (including phenoxy) is 1. The first kappa shape index (κ1) is 15.9. The lowest BCUT2D eigenvalue weighted by Crippen LogP contribution is -2.43. The molecule has 22 heavy (non-hydrogen) atoms. The summed E-state index contributed by atoms with van der Waals surface area (Å²) >= 11 is 5.84. The van der Waals surface area contributed by atoms with Gasteiger partial charge in [0.15, 0.2) is 6.61 Å². The molecule has 0 atom stereocenters. The van der Waals surface area contributed by atoms with E-state index in [9.17, 15) is 9.59 Å². The van der Waals surface area contributed by atoms with Gasteiger partial charge in [-0.3, -0.25) is 20.4 Å². The third-order valence-electron chi connectivity index (χ3n) is 2.91. The monoisotopic (exact) mass is 322 g/mol. The molecule has 0 aliphatic rings. The van der Waals surface area contributed by atoms with Crippen molar-refractivity contribution in [2.75, 3.05) is 6.61 Å². The Hall–Kier alpha value is -2.47. The number of hydrazine groups is 1. The maximum Gasteiger partial charge on any atom is 0.276 e. The van der Waals surface area contributed by atoms with Gasteiger partial charge in [-0.05, 0) is 43.7 Å². The Morgan fingerprint density at radius 3 is 2.64 bits per heavy atom. The summed E-state index contributed by atoms with van der Waals surface area (Å²) in [6.07, 6.45) is 1.40. The van der Waals surface area contributed by atoms with Gasteiger partial charge in [0.1, 0.15) is 11.5 Å². The predicted octanol–water partition coefficient (Wildman–Crippen LogP) is 2.39. The van der Waals surface area contributed by atoms with E-state index >= 15 is 0 Å². The predicted molar refractivity (Wildman–Crippen MR) is 80.7 cm³/mol. The van der Waals surface area contributed by atoms with Gasteiger partial charge < -0.3 is 9.15 Å². The van der Waals surface area contributed by atoms with Crippen LogP contribution < -0.4 is 15.6 Å². The molecule has 7 heteroatoms. The molecule has 0 fully saturated rings. The van der Waals surface area contributed by atoms with Gasteiger partial charge in [0, 0.05) is 5.02 Å². The van der Waals surface area contributed by atoms with E-state index in [1.807, 2.05) is 6.92 Å². The molecule has 0 aliphatic heterocycles. The van der Waals surface area contributed by atoms with Gasteiger partial charge in [-0.15, -0.1) is 0 Å². The van der Waals surface area contributed by atoms with E-state index in [1.54, 1.807) is 25.1 Å². The van der Waals surface area contributed by atoms with Crippen molar-refractivity contribution in [3.63, 3.8) is 0 Å². The third kappa shape index (κ3) is 4.02. The Bertz CT molecular complexity index is 697. The summed E-state index contributed by atoms with van der Waals surface area (Å²) in [6, 6.07) is 6.60. The first-order valence-electron chi connectivity index (χ1n) is 6.49. The fourth-order valence-electron chi connectivity index (χ4n) is 1.77. The van der Waals surface area contributed by atoms with E-state index in [1.165, 1.54) is 12.3 Å². The number of halogens is 1. The van der Waals surface area contributed by atoms with E-state index in [2.05, 4.69) is 10.9 Å². The second kappa shape index (κ2) is 7.00. The van der Waals surface area contributed by atoms with Crippen LogP contribution in [0.5, 0.6) is 5.75 Å². The molecule has 1 aromatic carbocycles. The van der Waals surface area contributed by atoms with Crippen molar-refractivity contribution in [1.82, 2.24) is 10.9 Å². The van der Waals surface area contributed by atoms with Crippen LogP contribution in [-0.2, 0) is 4.79 Å². The standard InChI is InChI=1S/C15H15ClN2O4/c1-9-7-11(16)3-4-13(9)22-8-14(19)17-18-15(20)12-5-6-21-10(12)2/h3-7H,8H2,1-2H3,(H,17,19)(H,18,20). The van der Waals surface area contributed by atoms with E-state index < -0.39 is 11.8 Å². The lowest BCUT2D eigenvalue weighted by atomic mass is 10.2. The van der Waals surface area contributed by atoms with Crippen LogP contribution in [-0.4, -0.2) is 18.4 Å². The molecule has 2 aromatic rings. The van der Waals surface area contributed by atoms with Gasteiger partial charge in [0.2, 0.25) is 0 Å². The Morgan fingerprint density at radius 1 is 1.23 bits per heavy atom. The number of amides is 2. The second-order valence-electron chi connectivity index (χ2n) is 4.59. The van der Waals surface area contributed by atoms with Gasteiger partial charge in [-0.1, -0.05) is 11.6 Å². The second-order valence-corrected chi connectivity index (χ2v) is 5.03. The van der Waals surface area contributed by atoms with Gasteiger partial charge in [0.25, 0.3) is 11.8 Å². The minimum atomic E-state index is -0.483. The van der Waals surface area contributed by atoms with Crippen molar-refractivity contribution >= 4 is 23.4 Å². The number of furan rings is 1. The highest BCUT2D eigenvalue weighted by molar-refractivity contribution is 6.30. The molecular weight excluding hydrogens is 308 g/mol. The molecule has 0 radical (unpaired) electrons. The minimum Gasteiger partial charge on any atom is -0.483 e. The normalized spacial score (nSPS) is 10.1. The van der Waals surface area contributed by atoms with Gasteiger partial charge in [-0.25, -0.2) is 0 Å². The molecule has 0 spiro atoms. The summed E-state index contributed by atoms with van der Waals surface area (Å²) < 4.78 is 10.4. The molecule has 0 aliphatic carbocycles. The van der Waals surface area contributed by atoms with E-state index in [-0.39, 0.29) is 6.61 Å². The van der Waals surface area contributed by atoms with Crippen molar-refractivity contribution in [3.8, 4) is 5.75 Å². The third-order valence-corrected chi connectivity index (χ3v) is 3.15. The molecule has 0 unspecified atom stereocenters. The molecule has 1 heterocycles. The quantitative estimate of drug-likeness (QED) is 0.847. The number of hydrogen-bond donors (Lipinski definition) is 2. The number of rotatable bonds is 4. The van der Waals surface area contributed by atoms with E-state index in [4.69, 9.17) is 20.8 Å². The van der Waals surface area contributed by atoms with Crippen LogP contribution in [0.1, 0.15) is 21.7 Å². The summed E-state index contributed by atoms with van der Waals surface area (Å²) in [7, 11) is 0. The van der Waals surface area contributed by atoms with Crippen molar-refractivity contribution in [1.29, 1.82) is 0 Å². The highest BCUT2D eigenvalue weighted by Gasteiger charge is 2.12. The maximum atomic E-state index is 11.8. The Balaban J connectivity index is 1.81. The fraction of sp³-hybridized carbons (Fsp3) is 0.200. The Morgan fingerprint density at radius 2 is 2.00 bits per heavy atom. The van der Waals surface area contributed by atoms with Crippen molar-refractivity contribution < 1.29 is 18.7 Å². The lowest BCUT2D eigenvalue weighted by Gasteiger charge is -2.10. The molecule has 0 bridgehead atoms. The molecule has 0 saturated carbocycles. The van der Waals surface area contributed by atoms with Crippen LogP contribution in [0.15, 0.2) is 34.9 Å². The number of hydrogen-bond acceptors (Lipinski definition) is 4. The zero-order valence-corrected chi connectivity index (χ0v) is 12.9. The minimum absolute atomic E-state index is 0.229. The van der Waals surface area contributed by atoms with Crippen LogP contribution in [0.2, 0.25) is 5.02 Å². The number of carbonyl (C=O) groups is 2. The number of nitrogens with one attached hydrogen (secondary N) is 2. The number of benzene rings is 1. The van der Waals surface area contributed by atoms with Gasteiger partial charge >= 0.3 is 0 Å². The van der Waals surface area contributed by atoms with Gasteiger partial charge in [-0.2, -0.15) is 0 Å². The van der Waals surface area contributed by atoms with Crippen LogP contribution in [0.4, 0.5) is 0 Å². The first-order valence-corrected chi connectivity index (χ1v) is 6.87. The Kier molecular flexibility index (Phi) is 5.06. The topological polar surface area (TPSA) is 80.6 Å². The lowest BCUT2D eigenvalue weighted by molar-refractivity contribution is -0.123. The molecule has 2 rings (SSSR count). The molecule has 2 N–H and O–H groups in total.